The van der Waals surface area contributed by atoms with Gasteiger partial charge in [0.05, 0.1) is 24.5 Å². The molecule has 0 bridgehead atoms. The number of ether oxygens (including phenoxy) is 1. The zero-order valence-corrected chi connectivity index (χ0v) is 13.2. The molecule has 2 heterocycles. The lowest BCUT2D eigenvalue weighted by atomic mass is 10.1. The Morgan fingerprint density at radius 2 is 2.19 bits per heavy atom. The van der Waals surface area contributed by atoms with Crippen molar-refractivity contribution in [2.75, 3.05) is 32.1 Å². The Hall–Kier alpha value is -1.40. The van der Waals surface area contributed by atoms with Crippen LogP contribution in [0.15, 0.2) is 17.1 Å². The third kappa shape index (κ3) is 4.04. The number of anilines is 1. The fraction of sp³-hybridized carbons (Fsp3) is 0.733. The molecule has 1 saturated heterocycles. The van der Waals surface area contributed by atoms with Gasteiger partial charge in [-0.05, 0) is 26.3 Å². The van der Waals surface area contributed by atoms with Gasteiger partial charge in [-0.2, -0.15) is 5.10 Å². The predicted molar refractivity (Wildman–Crippen MR) is 83.9 cm³/mol. The van der Waals surface area contributed by atoms with Crippen molar-refractivity contribution in [2.45, 2.75) is 44.9 Å². The van der Waals surface area contributed by atoms with Gasteiger partial charge in [-0.3, -0.25) is 4.79 Å². The van der Waals surface area contributed by atoms with Crippen molar-refractivity contribution in [2.24, 2.45) is 0 Å². The van der Waals surface area contributed by atoms with Crippen molar-refractivity contribution in [3.63, 3.8) is 0 Å². The summed E-state index contributed by atoms with van der Waals surface area (Å²) in [6, 6.07) is 1.97. The minimum absolute atomic E-state index is 0.0323. The SMILES string of the molecule is CCC(Cn1ncc(N2CCC(OC)CC2)cc1=O)NC. The van der Waals surface area contributed by atoms with Gasteiger partial charge in [0.1, 0.15) is 0 Å². The molecule has 1 fully saturated rings. The van der Waals surface area contributed by atoms with E-state index in [9.17, 15) is 4.79 Å². The van der Waals surface area contributed by atoms with E-state index in [-0.39, 0.29) is 11.6 Å². The third-order valence-corrected chi connectivity index (χ3v) is 4.29. The molecule has 6 nitrogen and oxygen atoms in total. The number of rotatable bonds is 6. The summed E-state index contributed by atoms with van der Waals surface area (Å²) in [5.41, 5.74) is 0.887. The summed E-state index contributed by atoms with van der Waals surface area (Å²) >= 11 is 0. The standard InChI is InChI=1S/C15H26N4O2/c1-4-12(16-2)11-19-15(20)9-13(10-17-19)18-7-5-14(21-3)6-8-18/h9-10,12,14,16H,4-8,11H2,1-3H3. The zero-order chi connectivity index (χ0) is 15.2. The Bertz CT molecular complexity index is 491. The van der Waals surface area contributed by atoms with Gasteiger partial charge in [0.15, 0.2) is 0 Å². The number of hydrogen-bond donors (Lipinski definition) is 1. The molecule has 1 aliphatic heterocycles. The van der Waals surface area contributed by atoms with Crippen molar-refractivity contribution >= 4 is 5.69 Å². The number of methoxy groups -OCH3 is 1. The minimum Gasteiger partial charge on any atom is -0.381 e. The van der Waals surface area contributed by atoms with Crippen LogP contribution in [0.2, 0.25) is 0 Å². The first-order valence-corrected chi connectivity index (χ1v) is 7.70. The highest BCUT2D eigenvalue weighted by molar-refractivity contribution is 5.43. The van der Waals surface area contributed by atoms with Crippen molar-refractivity contribution in [3.8, 4) is 0 Å². The highest BCUT2D eigenvalue weighted by Gasteiger charge is 2.19. The molecule has 1 aromatic rings. The Morgan fingerprint density at radius 1 is 1.48 bits per heavy atom. The molecular formula is C15H26N4O2. The molecule has 1 aliphatic rings. The van der Waals surface area contributed by atoms with Crippen LogP contribution < -0.4 is 15.8 Å². The summed E-state index contributed by atoms with van der Waals surface area (Å²) in [6.07, 6.45) is 5.11. The van der Waals surface area contributed by atoms with E-state index in [2.05, 4.69) is 22.2 Å². The maximum atomic E-state index is 12.2. The van der Waals surface area contributed by atoms with Gasteiger partial charge in [-0.15, -0.1) is 0 Å². The summed E-state index contributed by atoms with van der Waals surface area (Å²) in [5, 5.41) is 7.51. The average molecular weight is 294 g/mol. The van der Waals surface area contributed by atoms with Gasteiger partial charge < -0.3 is 15.0 Å². The molecule has 1 N–H and O–H groups in total. The highest BCUT2D eigenvalue weighted by Crippen LogP contribution is 2.18. The van der Waals surface area contributed by atoms with Crippen molar-refractivity contribution < 1.29 is 4.74 Å². The number of hydrogen-bond acceptors (Lipinski definition) is 5. The summed E-state index contributed by atoms with van der Waals surface area (Å²) in [5.74, 6) is 0. The largest absolute Gasteiger partial charge is 0.381 e. The lowest BCUT2D eigenvalue weighted by molar-refractivity contribution is 0.0819. The number of nitrogens with zero attached hydrogens (tertiary/aromatic N) is 3. The highest BCUT2D eigenvalue weighted by atomic mass is 16.5. The molecule has 0 amide bonds. The van der Waals surface area contributed by atoms with Crippen LogP contribution in [0.25, 0.3) is 0 Å². The zero-order valence-electron chi connectivity index (χ0n) is 13.2. The van der Waals surface area contributed by atoms with Crippen LogP contribution in [0.3, 0.4) is 0 Å². The summed E-state index contributed by atoms with van der Waals surface area (Å²) in [6.45, 7) is 4.54. The number of piperidine rings is 1. The lowest BCUT2D eigenvalue weighted by Crippen LogP contribution is -2.39. The number of aromatic nitrogens is 2. The van der Waals surface area contributed by atoms with Gasteiger partial charge in [-0.25, -0.2) is 4.68 Å². The minimum atomic E-state index is -0.0323. The third-order valence-electron chi connectivity index (χ3n) is 4.29. The fourth-order valence-corrected chi connectivity index (χ4v) is 2.72. The quantitative estimate of drug-likeness (QED) is 0.843. The van der Waals surface area contributed by atoms with Gasteiger partial charge in [0.25, 0.3) is 5.56 Å². The average Bonchev–Trinajstić information content (AvgIpc) is 2.54. The van der Waals surface area contributed by atoms with Crippen LogP contribution >= 0.6 is 0 Å². The first-order chi connectivity index (χ1) is 10.2. The normalized spacial score (nSPS) is 18.0. The molecule has 0 radical (unpaired) electrons. The topological polar surface area (TPSA) is 59.4 Å². The smallest absolute Gasteiger partial charge is 0.268 e. The molecular weight excluding hydrogens is 268 g/mol. The molecule has 0 aliphatic carbocycles. The molecule has 1 unspecified atom stereocenters. The second-order valence-corrected chi connectivity index (χ2v) is 5.55. The van der Waals surface area contributed by atoms with E-state index in [0.29, 0.717) is 12.6 Å². The van der Waals surface area contributed by atoms with Crippen LogP contribution in [-0.4, -0.2) is 49.2 Å². The van der Waals surface area contributed by atoms with Gasteiger partial charge >= 0.3 is 0 Å². The predicted octanol–water partition coefficient (Wildman–Crippen LogP) is 0.857. The summed E-state index contributed by atoms with van der Waals surface area (Å²) < 4.78 is 6.91. The first-order valence-electron chi connectivity index (χ1n) is 7.70. The van der Waals surface area contributed by atoms with Gasteiger partial charge in [0, 0.05) is 32.3 Å². The molecule has 2 rings (SSSR count). The maximum absolute atomic E-state index is 12.2. The lowest BCUT2D eigenvalue weighted by Gasteiger charge is -2.32. The molecule has 0 spiro atoms. The first kappa shape index (κ1) is 16.0. The molecule has 118 valence electrons. The van der Waals surface area contributed by atoms with E-state index in [4.69, 9.17) is 4.74 Å². The molecule has 6 heteroatoms. The van der Waals surface area contributed by atoms with Crippen LogP contribution in [0.1, 0.15) is 26.2 Å². The van der Waals surface area contributed by atoms with Crippen LogP contribution in [0.4, 0.5) is 5.69 Å². The summed E-state index contributed by atoms with van der Waals surface area (Å²) in [4.78, 5) is 14.4. The Balaban J connectivity index is 2.04. The van der Waals surface area contributed by atoms with Gasteiger partial charge in [0.2, 0.25) is 0 Å². The van der Waals surface area contributed by atoms with E-state index in [1.165, 1.54) is 4.68 Å². The van der Waals surface area contributed by atoms with E-state index in [0.717, 1.165) is 38.0 Å². The molecule has 0 aromatic carbocycles. The monoisotopic (exact) mass is 294 g/mol. The number of nitrogens with one attached hydrogen (secondary N) is 1. The van der Waals surface area contributed by atoms with Gasteiger partial charge in [-0.1, -0.05) is 6.92 Å². The Labute approximate surface area is 126 Å². The van der Waals surface area contributed by atoms with E-state index in [1.807, 2.05) is 7.05 Å². The van der Waals surface area contributed by atoms with Crippen molar-refractivity contribution in [1.29, 1.82) is 0 Å². The van der Waals surface area contributed by atoms with E-state index in [1.54, 1.807) is 19.4 Å². The summed E-state index contributed by atoms with van der Waals surface area (Å²) in [7, 11) is 3.67. The van der Waals surface area contributed by atoms with Crippen molar-refractivity contribution in [1.82, 2.24) is 15.1 Å². The van der Waals surface area contributed by atoms with E-state index >= 15 is 0 Å². The Morgan fingerprint density at radius 3 is 2.71 bits per heavy atom. The molecule has 1 atom stereocenters. The van der Waals surface area contributed by atoms with Crippen LogP contribution in [0, 0.1) is 0 Å². The second-order valence-electron chi connectivity index (χ2n) is 5.55. The molecule has 0 saturated carbocycles. The van der Waals surface area contributed by atoms with Crippen molar-refractivity contribution in [3.05, 3.63) is 22.6 Å². The Kier molecular flexibility index (Phi) is 5.76. The maximum Gasteiger partial charge on any atom is 0.268 e. The van der Waals surface area contributed by atoms with Crippen LogP contribution in [-0.2, 0) is 11.3 Å². The molecule has 1 aromatic heterocycles. The fourth-order valence-electron chi connectivity index (χ4n) is 2.72. The number of likely N-dealkylation sites (N-methyl/N-ethyl adjacent to an activating group) is 1. The van der Waals surface area contributed by atoms with E-state index < -0.39 is 0 Å². The second kappa shape index (κ2) is 7.56. The van der Waals surface area contributed by atoms with Crippen LogP contribution in [0.5, 0.6) is 0 Å². The molecule has 21 heavy (non-hydrogen) atoms.